The monoisotopic (exact) mass is 901 g/mol. The molecule has 0 aromatic carbocycles. The Morgan fingerprint density at radius 3 is 1.31 bits per heavy atom. The number of aliphatic hydroxyl groups excluding tert-OH is 2. The van der Waals surface area contributed by atoms with Gasteiger partial charge in [0.2, 0.25) is 11.8 Å². The molecule has 0 aromatic heterocycles. The quantitative estimate of drug-likeness (QED) is 0.0872. The van der Waals surface area contributed by atoms with Gasteiger partial charge in [0.1, 0.15) is 18.3 Å². The van der Waals surface area contributed by atoms with E-state index in [1.807, 2.05) is 20.8 Å². The first kappa shape index (κ1) is 63.9. The molecule has 8 N–H and O–H groups in total. The third-order valence-corrected chi connectivity index (χ3v) is 24.1. The van der Waals surface area contributed by atoms with E-state index >= 15 is 0 Å². The van der Waals surface area contributed by atoms with E-state index in [9.17, 15) is 19.2 Å². The molecular weight excluding hydrogens is 809 g/mol. The molecule has 2 rings (SSSR count). The van der Waals surface area contributed by atoms with Crippen molar-refractivity contribution in [1.29, 1.82) is 0 Å². The lowest BCUT2D eigenvalue weighted by molar-refractivity contribution is -0.145. The van der Waals surface area contributed by atoms with Crippen molar-refractivity contribution in [3.63, 3.8) is 0 Å². The first-order chi connectivity index (χ1) is 26.3. The van der Waals surface area contributed by atoms with E-state index in [1.165, 1.54) is 0 Å². The minimum absolute atomic E-state index is 0. The Balaban J connectivity index is -0.000000342. The normalized spacial score (nSPS) is 17.9. The lowest BCUT2D eigenvalue weighted by Crippen LogP contribution is -2.49. The van der Waals surface area contributed by atoms with Crippen molar-refractivity contribution in [1.82, 2.24) is 10.6 Å². The van der Waals surface area contributed by atoms with Crippen LogP contribution in [0.15, 0.2) is 0 Å². The number of esters is 2. The number of ether oxygens (including phenoxy) is 2. The highest BCUT2D eigenvalue weighted by Crippen LogP contribution is 2.39. The molecule has 59 heavy (non-hydrogen) atoms. The molecule has 2 aliphatic heterocycles. The maximum absolute atomic E-state index is 11.9. The molecule has 0 aromatic rings. The SMILES string of the molecule is C.CC(C)(C)[Si](C)(C)OC1CCOC1=O.CCN.CCNC(=O)C(CCN)O[Si](C)(C)C(C)(C)C.CCNC(=O)C(CCO)O[Si](C)(C)C(C)(C)C.O=C1OCCC1O. The number of aliphatic hydroxyl groups is 2. The van der Waals surface area contributed by atoms with E-state index in [4.69, 9.17) is 39.7 Å². The summed E-state index contributed by atoms with van der Waals surface area (Å²) in [4.78, 5) is 45.0. The van der Waals surface area contributed by atoms with Crippen molar-refractivity contribution in [2.45, 2.75) is 195 Å². The maximum atomic E-state index is 11.9. The van der Waals surface area contributed by atoms with Crippen molar-refractivity contribution >= 4 is 48.7 Å². The first-order valence-electron chi connectivity index (χ1n) is 20.9. The largest absolute Gasteiger partial charge is 0.464 e. The number of hydrogen-bond donors (Lipinski definition) is 6. The predicted octanol–water partition coefficient (Wildman–Crippen LogP) is 5.98. The second-order valence-electron chi connectivity index (χ2n) is 18.8. The summed E-state index contributed by atoms with van der Waals surface area (Å²) in [6.45, 7) is 41.2. The second kappa shape index (κ2) is 29.5. The molecule has 15 nitrogen and oxygen atoms in total. The van der Waals surface area contributed by atoms with E-state index in [0.29, 0.717) is 58.5 Å². The number of carbonyl (C=O) groups is 4. The third kappa shape index (κ3) is 25.7. The van der Waals surface area contributed by atoms with Gasteiger partial charge in [-0.15, -0.1) is 0 Å². The lowest BCUT2D eigenvalue weighted by Gasteiger charge is -2.38. The summed E-state index contributed by atoms with van der Waals surface area (Å²) in [6.07, 6.45) is 0.0264. The van der Waals surface area contributed by atoms with Crippen molar-refractivity contribution in [2.24, 2.45) is 11.5 Å². The number of nitrogens with one attached hydrogen (secondary N) is 2. The highest BCUT2D eigenvalue weighted by molar-refractivity contribution is 6.75. The first-order valence-corrected chi connectivity index (χ1v) is 29.6. The van der Waals surface area contributed by atoms with Gasteiger partial charge >= 0.3 is 11.9 Å². The molecule has 4 atom stereocenters. The molecule has 18 heteroatoms. The Morgan fingerprint density at radius 2 is 1.07 bits per heavy atom. The van der Waals surface area contributed by atoms with Crippen LogP contribution in [0.25, 0.3) is 0 Å². The fourth-order valence-corrected chi connectivity index (χ4v) is 7.86. The Kier molecular flexibility index (Phi) is 32.0. The van der Waals surface area contributed by atoms with Gasteiger partial charge in [0, 0.05) is 39.0 Å². The molecule has 0 radical (unpaired) electrons. The molecule has 4 unspecified atom stereocenters. The fraction of sp³-hybridized carbons (Fsp3) is 0.902. The molecule has 0 aliphatic carbocycles. The van der Waals surface area contributed by atoms with Gasteiger partial charge in [-0.2, -0.15) is 0 Å². The van der Waals surface area contributed by atoms with E-state index in [2.05, 4.69) is 117 Å². The van der Waals surface area contributed by atoms with E-state index in [1.54, 1.807) is 0 Å². The molecule has 2 fully saturated rings. The third-order valence-electron chi connectivity index (χ3n) is 10.6. The zero-order chi connectivity index (χ0) is 46.3. The molecule has 2 saturated heterocycles. The Morgan fingerprint density at radius 1 is 0.712 bits per heavy atom. The summed E-state index contributed by atoms with van der Waals surface area (Å²) in [7, 11) is -5.69. The van der Waals surface area contributed by atoms with Gasteiger partial charge in [-0.25, -0.2) is 9.59 Å². The van der Waals surface area contributed by atoms with Crippen molar-refractivity contribution in [3.05, 3.63) is 0 Å². The minimum Gasteiger partial charge on any atom is -0.464 e. The Hall–Kier alpha value is -1.75. The Bertz CT molecular complexity index is 1140. The smallest absolute Gasteiger partial charge is 0.335 e. The zero-order valence-electron chi connectivity index (χ0n) is 39.8. The lowest BCUT2D eigenvalue weighted by atomic mass is 10.2. The topological polar surface area (TPSA) is 231 Å². The molecule has 354 valence electrons. The molecule has 0 spiro atoms. The van der Waals surface area contributed by atoms with Gasteiger partial charge in [-0.3, -0.25) is 9.59 Å². The Labute approximate surface area is 362 Å². The summed E-state index contributed by atoms with van der Waals surface area (Å²) < 4.78 is 27.3. The number of rotatable bonds is 14. The summed E-state index contributed by atoms with van der Waals surface area (Å²) in [5, 5.41) is 23.4. The fourth-order valence-electron chi connectivity index (χ4n) is 4.00. The predicted molar refractivity (Wildman–Crippen MR) is 248 cm³/mol. The number of likely N-dealkylation sites (N-methyl/N-ethyl adjacent to an activating group) is 2. The van der Waals surface area contributed by atoms with Crippen molar-refractivity contribution < 1.29 is 52.1 Å². The van der Waals surface area contributed by atoms with E-state index < -0.39 is 49.2 Å². The van der Waals surface area contributed by atoms with Gasteiger partial charge in [0.25, 0.3) is 0 Å². The molecule has 0 bridgehead atoms. The van der Waals surface area contributed by atoms with Crippen LogP contribution in [0.5, 0.6) is 0 Å². The number of hydrogen-bond acceptors (Lipinski definition) is 13. The second-order valence-corrected chi connectivity index (χ2v) is 33.1. The van der Waals surface area contributed by atoms with Gasteiger partial charge in [-0.1, -0.05) is 76.7 Å². The maximum Gasteiger partial charge on any atom is 0.335 e. The van der Waals surface area contributed by atoms with Gasteiger partial charge in [0.15, 0.2) is 31.1 Å². The molecular formula is C41H92N4O11Si3. The van der Waals surface area contributed by atoms with Crippen LogP contribution in [-0.4, -0.2) is 129 Å². The average Bonchev–Trinajstić information content (AvgIpc) is 3.65. The van der Waals surface area contributed by atoms with Crippen LogP contribution < -0.4 is 22.1 Å². The summed E-state index contributed by atoms with van der Waals surface area (Å²) in [6, 6.07) is 0. The van der Waals surface area contributed by atoms with Crippen molar-refractivity contribution in [3.8, 4) is 0 Å². The van der Waals surface area contributed by atoms with Crippen LogP contribution in [0, 0.1) is 0 Å². The number of cyclic esters (lactones) is 2. The van der Waals surface area contributed by atoms with Gasteiger partial charge in [-0.05, 0) is 87.8 Å². The molecule has 2 aliphatic rings. The van der Waals surface area contributed by atoms with Crippen LogP contribution in [-0.2, 0) is 41.9 Å². The van der Waals surface area contributed by atoms with Crippen LogP contribution in [0.1, 0.15) is 116 Å². The van der Waals surface area contributed by atoms with E-state index in [0.717, 1.165) is 6.54 Å². The van der Waals surface area contributed by atoms with Crippen LogP contribution in [0.3, 0.4) is 0 Å². The number of nitrogens with two attached hydrogens (primary N) is 2. The summed E-state index contributed by atoms with van der Waals surface area (Å²) in [5.41, 5.74) is 10.4. The molecule has 2 amide bonds. The highest BCUT2D eigenvalue weighted by Gasteiger charge is 2.43. The molecule has 2 heterocycles. The van der Waals surface area contributed by atoms with Crippen LogP contribution in [0.2, 0.25) is 54.4 Å². The summed E-state index contributed by atoms with van der Waals surface area (Å²) in [5.74, 6) is -0.830. The number of carbonyl (C=O) groups excluding carboxylic acids is 4. The minimum atomic E-state index is -1.97. The van der Waals surface area contributed by atoms with Gasteiger partial charge < -0.3 is 55.1 Å². The highest BCUT2D eigenvalue weighted by atomic mass is 28.4. The molecule has 0 saturated carbocycles. The van der Waals surface area contributed by atoms with Crippen LogP contribution >= 0.6 is 0 Å². The zero-order valence-corrected chi connectivity index (χ0v) is 42.8. The average molecular weight is 901 g/mol. The van der Waals surface area contributed by atoms with E-state index in [-0.39, 0.29) is 53.0 Å². The van der Waals surface area contributed by atoms with Crippen molar-refractivity contribution in [2.75, 3.05) is 46.0 Å². The number of amides is 2. The summed E-state index contributed by atoms with van der Waals surface area (Å²) >= 11 is 0. The van der Waals surface area contributed by atoms with Crippen LogP contribution in [0.4, 0.5) is 0 Å². The standard InChI is InChI=1S/C12H28N2O2Si.C12H27NO3Si.C10H20O3Si.C4H6O3.C2H7N.CH4/c1-7-14-11(15)10(8-9-13)16-17(5,6)12(2,3)4;1-7-13-11(15)10(8-9-14)16-17(5,6)12(2,3)4;1-10(2,3)14(4,5)13-8-6-7-12-9(8)11;5-3-1-2-7-4(3)6;1-2-3;/h10H,7-9,13H2,1-6H3,(H,14,15);10,14H,7-9H2,1-6H3,(H,13,15);8H,6-7H2,1-5H3;3,5H,1-2H2;2-3H2,1H3;1H4. The van der Waals surface area contributed by atoms with Gasteiger partial charge in [0.05, 0.1) is 13.2 Å².